The molecule has 156 valence electrons. The van der Waals surface area contributed by atoms with Crippen molar-refractivity contribution in [3.8, 4) is 11.4 Å². The molecule has 1 aliphatic rings. The van der Waals surface area contributed by atoms with Crippen LogP contribution in [0.4, 0.5) is 5.69 Å². The Bertz CT molecular complexity index is 934. The summed E-state index contributed by atoms with van der Waals surface area (Å²) in [5.74, 6) is 2.43. The van der Waals surface area contributed by atoms with Gasteiger partial charge in [-0.3, -0.25) is 4.79 Å². The zero-order valence-electron chi connectivity index (χ0n) is 17.1. The predicted octanol–water partition coefficient (Wildman–Crippen LogP) is 3.46. The Labute approximate surface area is 181 Å². The van der Waals surface area contributed by atoms with E-state index in [0.29, 0.717) is 5.75 Å². The van der Waals surface area contributed by atoms with E-state index in [0.717, 1.165) is 43.4 Å². The van der Waals surface area contributed by atoms with Gasteiger partial charge in [-0.1, -0.05) is 12.1 Å². The molecule has 0 spiro atoms. The van der Waals surface area contributed by atoms with Crippen LogP contribution in [0.1, 0.15) is 5.56 Å². The molecule has 0 atom stereocenters. The molecule has 1 fully saturated rings. The summed E-state index contributed by atoms with van der Waals surface area (Å²) in [5, 5.41) is 4.24. The summed E-state index contributed by atoms with van der Waals surface area (Å²) in [4.78, 5) is 16.9. The van der Waals surface area contributed by atoms with Gasteiger partial charge in [0.25, 0.3) is 0 Å². The molecule has 4 rings (SSSR count). The molecule has 0 unspecified atom stereocenters. The SMILES string of the molecule is COc1ccc(N2CCN(C(=O)CSCc3ccc(-n4cccn4)cc3)CC2)cc1. The summed E-state index contributed by atoms with van der Waals surface area (Å²) >= 11 is 1.67. The van der Waals surface area contributed by atoms with Crippen LogP contribution in [-0.4, -0.2) is 59.6 Å². The largest absolute Gasteiger partial charge is 0.497 e. The number of nitrogens with zero attached hydrogens (tertiary/aromatic N) is 4. The average Bonchev–Trinajstić information content (AvgIpc) is 3.35. The summed E-state index contributed by atoms with van der Waals surface area (Å²) in [6.45, 7) is 3.25. The fourth-order valence-corrected chi connectivity index (χ4v) is 4.41. The third kappa shape index (κ3) is 4.97. The molecule has 30 heavy (non-hydrogen) atoms. The Hall–Kier alpha value is -2.93. The zero-order valence-corrected chi connectivity index (χ0v) is 17.9. The maximum atomic E-state index is 12.6. The first-order valence-electron chi connectivity index (χ1n) is 10.1. The molecule has 0 bridgehead atoms. The van der Waals surface area contributed by atoms with Crippen molar-refractivity contribution in [2.24, 2.45) is 0 Å². The molecule has 1 amide bonds. The Morgan fingerprint density at radius 2 is 1.70 bits per heavy atom. The fourth-order valence-electron chi connectivity index (χ4n) is 3.52. The van der Waals surface area contributed by atoms with Crippen molar-refractivity contribution >= 4 is 23.4 Å². The van der Waals surface area contributed by atoms with E-state index in [1.165, 1.54) is 11.3 Å². The van der Waals surface area contributed by atoms with Gasteiger partial charge < -0.3 is 14.5 Å². The Kier molecular flexibility index (Phi) is 6.59. The minimum absolute atomic E-state index is 0.225. The van der Waals surface area contributed by atoms with Crippen LogP contribution < -0.4 is 9.64 Å². The Balaban J connectivity index is 1.20. The van der Waals surface area contributed by atoms with Gasteiger partial charge in [0, 0.05) is 50.0 Å². The highest BCUT2D eigenvalue weighted by molar-refractivity contribution is 7.99. The van der Waals surface area contributed by atoms with Crippen LogP contribution in [-0.2, 0) is 10.5 Å². The van der Waals surface area contributed by atoms with Gasteiger partial charge in [0.1, 0.15) is 5.75 Å². The fraction of sp³-hybridized carbons (Fsp3) is 0.304. The molecule has 0 radical (unpaired) electrons. The van der Waals surface area contributed by atoms with Crippen molar-refractivity contribution < 1.29 is 9.53 Å². The maximum absolute atomic E-state index is 12.6. The second kappa shape index (κ2) is 9.71. The first-order valence-corrected chi connectivity index (χ1v) is 11.2. The molecule has 1 aliphatic heterocycles. The van der Waals surface area contributed by atoms with Crippen molar-refractivity contribution in [1.82, 2.24) is 14.7 Å². The van der Waals surface area contributed by atoms with Gasteiger partial charge in [0.15, 0.2) is 0 Å². The molecule has 2 heterocycles. The van der Waals surface area contributed by atoms with Crippen molar-refractivity contribution in [3.63, 3.8) is 0 Å². The van der Waals surface area contributed by atoms with Gasteiger partial charge in [-0.05, 0) is 48.0 Å². The molecular weight excluding hydrogens is 396 g/mol. The molecule has 1 aromatic heterocycles. The minimum atomic E-state index is 0.225. The first kappa shape index (κ1) is 20.3. The van der Waals surface area contributed by atoms with Gasteiger partial charge >= 0.3 is 0 Å². The van der Waals surface area contributed by atoms with Crippen LogP contribution in [0.3, 0.4) is 0 Å². The molecule has 2 aromatic carbocycles. The normalized spacial score (nSPS) is 14.0. The van der Waals surface area contributed by atoms with E-state index in [9.17, 15) is 4.79 Å². The number of carbonyl (C=O) groups excluding carboxylic acids is 1. The number of hydrogen-bond acceptors (Lipinski definition) is 5. The summed E-state index contributed by atoms with van der Waals surface area (Å²) in [7, 11) is 1.67. The summed E-state index contributed by atoms with van der Waals surface area (Å²) < 4.78 is 7.06. The van der Waals surface area contributed by atoms with Crippen LogP contribution in [0.2, 0.25) is 0 Å². The third-order valence-corrected chi connectivity index (χ3v) is 6.26. The standard InChI is InChI=1S/C23H26N4O2S/c1-29-22-9-7-20(8-10-22)25-13-15-26(16-14-25)23(28)18-30-17-19-3-5-21(6-4-19)27-12-2-11-24-27/h2-12H,13-18H2,1H3. The summed E-state index contributed by atoms with van der Waals surface area (Å²) in [6, 6.07) is 18.3. The molecule has 0 aliphatic carbocycles. The van der Waals surface area contributed by atoms with Crippen LogP contribution in [0, 0.1) is 0 Å². The van der Waals surface area contributed by atoms with Crippen LogP contribution in [0.15, 0.2) is 67.0 Å². The second-order valence-corrected chi connectivity index (χ2v) is 8.16. The number of hydrogen-bond donors (Lipinski definition) is 0. The number of amides is 1. The Morgan fingerprint density at radius 3 is 2.33 bits per heavy atom. The molecule has 0 N–H and O–H groups in total. The first-order chi connectivity index (χ1) is 14.7. The van der Waals surface area contributed by atoms with Crippen LogP contribution in [0.5, 0.6) is 5.75 Å². The number of methoxy groups -OCH3 is 1. The van der Waals surface area contributed by atoms with E-state index in [1.54, 1.807) is 25.1 Å². The molecule has 1 saturated heterocycles. The maximum Gasteiger partial charge on any atom is 0.232 e. The number of carbonyl (C=O) groups is 1. The van der Waals surface area contributed by atoms with E-state index < -0.39 is 0 Å². The van der Waals surface area contributed by atoms with Crippen molar-refractivity contribution in [2.75, 3.05) is 43.9 Å². The van der Waals surface area contributed by atoms with Crippen molar-refractivity contribution in [2.45, 2.75) is 5.75 Å². The lowest BCUT2D eigenvalue weighted by molar-refractivity contribution is -0.128. The van der Waals surface area contributed by atoms with Crippen molar-refractivity contribution in [3.05, 3.63) is 72.6 Å². The van der Waals surface area contributed by atoms with E-state index >= 15 is 0 Å². The average molecular weight is 423 g/mol. The summed E-state index contributed by atoms with van der Waals surface area (Å²) in [6.07, 6.45) is 3.70. The van der Waals surface area contributed by atoms with Crippen LogP contribution in [0.25, 0.3) is 5.69 Å². The lowest BCUT2D eigenvalue weighted by Crippen LogP contribution is -2.49. The van der Waals surface area contributed by atoms with E-state index in [-0.39, 0.29) is 5.91 Å². The summed E-state index contributed by atoms with van der Waals surface area (Å²) in [5.41, 5.74) is 3.43. The number of piperazine rings is 1. The quantitative estimate of drug-likeness (QED) is 0.584. The number of aromatic nitrogens is 2. The van der Waals surface area contributed by atoms with Crippen molar-refractivity contribution in [1.29, 1.82) is 0 Å². The number of benzene rings is 2. The topological polar surface area (TPSA) is 50.6 Å². The molecule has 0 saturated carbocycles. The number of thioether (sulfide) groups is 1. The predicted molar refractivity (Wildman–Crippen MR) is 122 cm³/mol. The Morgan fingerprint density at radius 1 is 1.00 bits per heavy atom. The second-order valence-electron chi connectivity index (χ2n) is 7.18. The minimum Gasteiger partial charge on any atom is -0.497 e. The van der Waals surface area contributed by atoms with E-state index in [4.69, 9.17) is 4.74 Å². The molecule has 3 aromatic rings. The number of anilines is 1. The van der Waals surface area contributed by atoms with Gasteiger partial charge in [-0.15, -0.1) is 11.8 Å². The molecule has 6 nitrogen and oxygen atoms in total. The highest BCUT2D eigenvalue weighted by Gasteiger charge is 2.21. The van der Waals surface area contributed by atoms with Gasteiger partial charge in [0.05, 0.1) is 18.6 Å². The van der Waals surface area contributed by atoms with E-state index in [2.05, 4.69) is 46.4 Å². The lowest BCUT2D eigenvalue weighted by atomic mass is 10.2. The van der Waals surface area contributed by atoms with E-state index in [1.807, 2.05) is 34.0 Å². The zero-order chi connectivity index (χ0) is 20.8. The highest BCUT2D eigenvalue weighted by Crippen LogP contribution is 2.21. The van der Waals surface area contributed by atoms with Gasteiger partial charge in [-0.2, -0.15) is 5.10 Å². The smallest absolute Gasteiger partial charge is 0.232 e. The van der Waals surface area contributed by atoms with Gasteiger partial charge in [-0.25, -0.2) is 4.68 Å². The lowest BCUT2D eigenvalue weighted by Gasteiger charge is -2.36. The molecule has 7 heteroatoms. The van der Waals surface area contributed by atoms with Crippen LogP contribution >= 0.6 is 11.8 Å². The third-order valence-electron chi connectivity index (χ3n) is 5.27. The van der Waals surface area contributed by atoms with Gasteiger partial charge in [0.2, 0.25) is 5.91 Å². The molecular formula is C23H26N4O2S. The monoisotopic (exact) mass is 422 g/mol. The number of rotatable bonds is 7. The highest BCUT2D eigenvalue weighted by atomic mass is 32.2. The number of ether oxygens (including phenoxy) is 1.